The summed E-state index contributed by atoms with van der Waals surface area (Å²) in [6, 6.07) is 21.3. The van der Waals surface area contributed by atoms with Gasteiger partial charge in [-0.05, 0) is 46.0 Å². The Morgan fingerprint density at radius 1 is 1.00 bits per heavy atom. The lowest BCUT2D eigenvalue weighted by molar-refractivity contribution is -0.142. The van der Waals surface area contributed by atoms with Gasteiger partial charge in [-0.1, -0.05) is 88.4 Å². The van der Waals surface area contributed by atoms with Crippen molar-refractivity contribution in [3.63, 3.8) is 0 Å². The molecule has 182 valence electrons. The average Bonchev–Trinajstić information content (AvgIpc) is 3.44. The van der Waals surface area contributed by atoms with Crippen LogP contribution in [0, 0.1) is 23.2 Å². The molecule has 0 spiro atoms. The Morgan fingerprint density at radius 2 is 1.56 bits per heavy atom. The smallest absolute Gasteiger partial charge is 0.305 e. The Hall–Kier alpha value is -2.24. The van der Waals surface area contributed by atoms with Crippen molar-refractivity contribution in [2.24, 2.45) is 23.2 Å². The minimum Gasteiger partial charge on any atom is -0.469 e. The van der Waals surface area contributed by atoms with Gasteiger partial charge in [-0.2, -0.15) is 0 Å². The van der Waals surface area contributed by atoms with Gasteiger partial charge >= 0.3 is 5.97 Å². The van der Waals surface area contributed by atoms with Crippen LogP contribution in [0.1, 0.15) is 53.4 Å². The third-order valence-corrected chi connectivity index (χ3v) is 13.5. The molecule has 2 aliphatic rings. The van der Waals surface area contributed by atoms with Crippen molar-refractivity contribution in [1.82, 2.24) is 0 Å². The first-order valence-electron chi connectivity index (χ1n) is 12.5. The van der Waals surface area contributed by atoms with Gasteiger partial charge in [0.2, 0.25) is 0 Å². The van der Waals surface area contributed by atoms with Gasteiger partial charge in [0.25, 0.3) is 8.32 Å². The zero-order chi connectivity index (χ0) is 24.6. The van der Waals surface area contributed by atoms with Crippen molar-refractivity contribution in [1.29, 1.82) is 0 Å². The first-order chi connectivity index (χ1) is 16.1. The minimum atomic E-state index is -2.62. The topological polar surface area (TPSA) is 52.6 Å². The third-order valence-electron chi connectivity index (χ3n) is 8.46. The predicted octanol–water partition coefficient (Wildman–Crippen LogP) is 4.75. The summed E-state index contributed by atoms with van der Waals surface area (Å²) in [5.74, 6) is 0.745. The van der Waals surface area contributed by atoms with E-state index in [0.29, 0.717) is 31.1 Å². The first kappa shape index (κ1) is 24.9. The molecule has 34 heavy (non-hydrogen) atoms. The van der Waals surface area contributed by atoms with Crippen LogP contribution in [0.3, 0.4) is 0 Å². The SMILES string of the molecule is COC(=O)CC1CC[C@H]2[C@H](CO[Si](c3ccccc3)(c3ccccc3)C(C)(C)C)[C@@]2(C)C(=O)C1. The summed E-state index contributed by atoms with van der Waals surface area (Å²) in [4.78, 5) is 25.1. The van der Waals surface area contributed by atoms with Crippen molar-refractivity contribution in [2.45, 2.75) is 58.4 Å². The fourth-order valence-corrected chi connectivity index (χ4v) is 11.0. The predicted molar refractivity (Wildman–Crippen MR) is 138 cm³/mol. The molecular weight excluding hydrogens is 440 g/mol. The normalized spacial score (nSPS) is 27.0. The summed E-state index contributed by atoms with van der Waals surface area (Å²) in [7, 11) is -1.20. The molecule has 2 aromatic carbocycles. The third kappa shape index (κ3) is 4.29. The maximum absolute atomic E-state index is 13.3. The molecule has 0 heterocycles. The van der Waals surface area contributed by atoms with Gasteiger partial charge in [0.1, 0.15) is 5.78 Å². The number of ether oxygens (including phenoxy) is 1. The van der Waals surface area contributed by atoms with Crippen molar-refractivity contribution in [2.75, 3.05) is 13.7 Å². The van der Waals surface area contributed by atoms with Crippen LogP contribution in [0.25, 0.3) is 0 Å². The molecule has 0 bridgehead atoms. The summed E-state index contributed by atoms with van der Waals surface area (Å²) in [6.07, 6.45) is 2.68. The number of hydrogen-bond donors (Lipinski definition) is 0. The van der Waals surface area contributed by atoms with Crippen LogP contribution in [0.5, 0.6) is 0 Å². The van der Waals surface area contributed by atoms with E-state index in [1.54, 1.807) is 0 Å². The molecule has 0 N–H and O–H groups in total. The first-order valence-corrected chi connectivity index (χ1v) is 14.4. The highest BCUT2D eigenvalue weighted by Crippen LogP contribution is 2.64. The van der Waals surface area contributed by atoms with E-state index in [-0.39, 0.29) is 28.3 Å². The lowest BCUT2D eigenvalue weighted by atomic mass is 9.90. The maximum Gasteiger partial charge on any atom is 0.305 e. The van der Waals surface area contributed by atoms with Crippen LogP contribution < -0.4 is 10.4 Å². The highest BCUT2D eigenvalue weighted by molar-refractivity contribution is 6.99. The zero-order valence-corrected chi connectivity index (χ0v) is 22.2. The Labute approximate surface area is 205 Å². The number of rotatable bonds is 7. The van der Waals surface area contributed by atoms with E-state index < -0.39 is 8.32 Å². The number of benzene rings is 2. The number of ketones is 1. The Kier molecular flexibility index (Phi) is 6.89. The van der Waals surface area contributed by atoms with E-state index in [4.69, 9.17) is 9.16 Å². The number of esters is 1. The largest absolute Gasteiger partial charge is 0.469 e. The molecule has 2 aromatic rings. The molecule has 2 aliphatic carbocycles. The molecule has 0 aliphatic heterocycles. The molecule has 0 saturated heterocycles. The monoisotopic (exact) mass is 478 g/mol. The van der Waals surface area contributed by atoms with Gasteiger partial charge in [-0.15, -0.1) is 0 Å². The lowest BCUT2D eigenvalue weighted by Crippen LogP contribution is -2.66. The standard InChI is InChI=1S/C29H38O4Si/c1-28(2,3)34(22-12-8-6-9-13-22,23-14-10-7-11-15-23)33-20-25-24-17-16-21(19-27(31)32-5)18-26(30)29(24,25)4/h6-15,21,24-25H,16-20H2,1-5H3/t21?,24-,25-,29-/m0/s1. The molecule has 2 fully saturated rings. The Balaban J connectivity index is 1.59. The number of fused-ring (bicyclic) bond motifs is 1. The highest BCUT2D eigenvalue weighted by Gasteiger charge is 2.66. The van der Waals surface area contributed by atoms with Gasteiger partial charge in [-0.3, -0.25) is 9.59 Å². The van der Waals surface area contributed by atoms with Crippen molar-refractivity contribution in [3.8, 4) is 0 Å². The Bertz CT molecular complexity index is 974. The number of carbonyl (C=O) groups is 2. The van der Waals surface area contributed by atoms with Gasteiger partial charge in [0.15, 0.2) is 0 Å². The van der Waals surface area contributed by atoms with E-state index in [0.717, 1.165) is 12.8 Å². The van der Waals surface area contributed by atoms with Crippen molar-refractivity contribution < 1.29 is 18.8 Å². The van der Waals surface area contributed by atoms with Gasteiger partial charge in [-0.25, -0.2) is 0 Å². The number of carbonyl (C=O) groups excluding carboxylic acids is 2. The molecule has 1 unspecified atom stereocenters. The van der Waals surface area contributed by atoms with Crippen LogP contribution in [-0.2, 0) is 18.8 Å². The van der Waals surface area contributed by atoms with Crippen LogP contribution in [0.4, 0.5) is 0 Å². The van der Waals surface area contributed by atoms with Crippen LogP contribution >= 0.6 is 0 Å². The summed E-state index contributed by atoms with van der Waals surface area (Å²) < 4.78 is 12.0. The van der Waals surface area contributed by atoms with E-state index in [9.17, 15) is 9.59 Å². The van der Waals surface area contributed by atoms with Crippen molar-refractivity contribution in [3.05, 3.63) is 60.7 Å². The molecule has 4 rings (SSSR count). The summed E-state index contributed by atoms with van der Waals surface area (Å²) >= 11 is 0. The summed E-state index contributed by atoms with van der Waals surface area (Å²) in [5, 5.41) is 2.46. The fourth-order valence-electron chi connectivity index (χ4n) is 6.37. The maximum atomic E-state index is 13.3. The van der Waals surface area contributed by atoms with Crippen LogP contribution in [0.2, 0.25) is 5.04 Å². The van der Waals surface area contributed by atoms with E-state index in [1.165, 1.54) is 17.5 Å². The van der Waals surface area contributed by atoms with E-state index >= 15 is 0 Å². The molecule has 0 radical (unpaired) electrons. The molecular formula is C29H38O4Si. The van der Waals surface area contributed by atoms with Crippen molar-refractivity contribution >= 4 is 30.4 Å². The minimum absolute atomic E-state index is 0.0802. The second-order valence-corrected chi connectivity index (χ2v) is 15.6. The molecule has 4 atom stereocenters. The number of hydrogen-bond acceptors (Lipinski definition) is 4. The average molecular weight is 479 g/mol. The lowest BCUT2D eigenvalue weighted by Gasteiger charge is -2.43. The number of methoxy groups -OCH3 is 1. The van der Waals surface area contributed by atoms with Gasteiger partial charge < -0.3 is 9.16 Å². The summed E-state index contributed by atoms with van der Waals surface area (Å²) in [6.45, 7) is 9.58. The highest BCUT2D eigenvalue weighted by atomic mass is 28.4. The second-order valence-electron chi connectivity index (χ2n) is 11.3. The molecule has 0 amide bonds. The van der Waals surface area contributed by atoms with Crippen LogP contribution in [-0.4, -0.2) is 33.8 Å². The van der Waals surface area contributed by atoms with E-state index in [1.807, 2.05) is 0 Å². The van der Waals surface area contributed by atoms with Gasteiger partial charge in [0, 0.05) is 24.9 Å². The summed E-state index contributed by atoms with van der Waals surface area (Å²) in [5.41, 5.74) is -0.337. The van der Waals surface area contributed by atoms with Crippen LogP contribution in [0.15, 0.2) is 60.7 Å². The molecule has 5 heteroatoms. The zero-order valence-electron chi connectivity index (χ0n) is 21.2. The molecule has 0 aromatic heterocycles. The molecule has 2 saturated carbocycles. The Morgan fingerprint density at radius 3 is 2.06 bits per heavy atom. The second kappa shape index (κ2) is 9.42. The van der Waals surface area contributed by atoms with Gasteiger partial charge in [0.05, 0.1) is 7.11 Å². The van der Waals surface area contributed by atoms with E-state index in [2.05, 4.69) is 88.4 Å². The fraction of sp³-hybridized carbons (Fsp3) is 0.517. The number of Topliss-reactive ketones (excluding diaryl/α,β-unsaturated/α-hetero) is 1. The molecule has 4 nitrogen and oxygen atoms in total. The quantitative estimate of drug-likeness (QED) is 0.426.